The van der Waals surface area contributed by atoms with Gasteiger partial charge in [0.05, 0.1) is 24.1 Å². The Bertz CT molecular complexity index is 625. The third-order valence-electron chi connectivity index (χ3n) is 3.54. The van der Waals surface area contributed by atoms with Crippen molar-refractivity contribution in [3.63, 3.8) is 0 Å². The Morgan fingerprint density at radius 2 is 2.30 bits per heavy atom. The first-order valence-corrected chi connectivity index (χ1v) is 6.73. The van der Waals surface area contributed by atoms with Crippen LogP contribution in [-0.4, -0.2) is 28.8 Å². The van der Waals surface area contributed by atoms with E-state index in [2.05, 4.69) is 15.1 Å². The number of nitrogens with zero attached hydrogens (tertiary/aromatic N) is 3. The average molecular weight is 295 g/mol. The van der Waals surface area contributed by atoms with Gasteiger partial charge in [0.2, 0.25) is 11.7 Å². The topological polar surface area (TPSA) is 87.1 Å². The summed E-state index contributed by atoms with van der Waals surface area (Å²) >= 11 is 5.86. The summed E-state index contributed by atoms with van der Waals surface area (Å²) in [6.07, 6.45) is 4.47. The second kappa shape index (κ2) is 5.03. The number of hydrogen-bond acceptors (Lipinski definition) is 6. The van der Waals surface area contributed by atoms with Gasteiger partial charge in [-0.1, -0.05) is 16.8 Å². The summed E-state index contributed by atoms with van der Waals surface area (Å²) in [7, 11) is 1.71. The number of hydrogen-bond donors (Lipinski definition) is 1. The minimum absolute atomic E-state index is 0.167. The van der Waals surface area contributed by atoms with Crippen LogP contribution in [0, 0.1) is 5.41 Å². The molecule has 0 bridgehead atoms. The lowest BCUT2D eigenvalue weighted by molar-refractivity contribution is 0.135. The molecular weight excluding hydrogens is 280 g/mol. The van der Waals surface area contributed by atoms with Crippen molar-refractivity contribution in [2.75, 3.05) is 19.5 Å². The quantitative estimate of drug-likeness (QED) is 0.852. The Balaban J connectivity index is 1.82. The highest BCUT2D eigenvalue weighted by Gasteiger charge is 2.44. The van der Waals surface area contributed by atoms with Gasteiger partial charge < -0.3 is 15.0 Å². The Morgan fingerprint density at radius 3 is 3.00 bits per heavy atom. The fourth-order valence-electron chi connectivity index (χ4n) is 2.25. The van der Waals surface area contributed by atoms with Gasteiger partial charge >= 0.3 is 0 Å². The first-order chi connectivity index (χ1) is 9.62. The van der Waals surface area contributed by atoms with Gasteiger partial charge in [0, 0.05) is 18.9 Å². The Hall–Kier alpha value is -1.66. The maximum Gasteiger partial charge on any atom is 0.227 e. The van der Waals surface area contributed by atoms with Crippen molar-refractivity contribution in [1.82, 2.24) is 15.1 Å². The number of methoxy groups -OCH3 is 1. The van der Waals surface area contributed by atoms with E-state index in [1.54, 1.807) is 13.2 Å². The number of pyridine rings is 1. The zero-order chi connectivity index (χ0) is 14.2. The van der Waals surface area contributed by atoms with Gasteiger partial charge in [-0.25, -0.2) is 4.98 Å². The van der Waals surface area contributed by atoms with Crippen molar-refractivity contribution in [2.24, 2.45) is 5.41 Å². The molecule has 0 saturated heterocycles. The average Bonchev–Trinajstić information content (AvgIpc) is 3.00. The molecule has 2 aromatic rings. The van der Waals surface area contributed by atoms with Crippen LogP contribution in [-0.2, 0) is 11.2 Å². The number of ether oxygens (including phenoxy) is 1. The molecular formula is C13H15ClN4O2. The summed E-state index contributed by atoms with van der Waals surface area (Å²) in [6, 6.07) is 1.63. The minimum Gasteiger partial charge on any atom is -0.397 e. The molecule has 7 heteroatoms. The molecule has 0 aromatic carbocycles. The molecule has 0 unspecified atom stereocenters. The van der Waals surface area contributed by atoms with Crippen LogP contribution >= 0.6 is 11.6 Å². The SMILES string of the molecule is COCC1(Cc2nc(-c3cc(Cl)ncc3N)no2)CC1. The number of nitrogen functional groups attached to an aromatic ring is 1. The van der Waals surface area contributed by atoms with Gasteiger partial charge in [0.15, 0.2) is 0 Å². The number of halogens is 1. The predicted molar refractivity (Wildman–Crippen MR) is 74.2 cm³/mol. The Labute approximate surface area is 121 Å². The van der Waals surface area contributed by atoms with Crippen LogP contribution in [0.25, 0.3) is 11.4 Å². The molecule has 1 saturated carbocycles. The largest absolute Gasteiger partial charge is 0.397 e. The third-order valence-corrected chi connectivity index (χ3v) is 3.75. The number of nitrogens with two attached hydrogens (primary N) is 1. The van der Waals surface area contributed by atoms with E-state index in [9.17, 15) is 0 Å². The standard InChI is InChI=1S/C13H15ClN4O2/c1-19-7-13(2-3-13)5-11-17-12(18-20-11)8-4-10(14)16-6-9(8)15/h4,6H,2-3,5,7,15H2,1H3. The van der Waals surface area contributed by atoms with Gasteiger partial charge in [0.1, 0.15) is 5.15 Å². The van der Waals surface area contributed by atoms with Gasteiger partial charge in [-0.15, -0.1) is 0 Å². The van der Waals surface area contributed by atoms with E-state index in [0.717, 1.165) is 19.3 Å². The second-order valence-corrected chi connectivity index (χ2v) is 5.60. The van der Waals surface area contributed by atoms with E-state index >= 15 is 0 Å². The monoisotopic (exact) mass is 294 g/mol. The van der Waals surface area contributed by atoms with Crippen molar-refractivity contribution in [1.29, 1.82) is 0 Å². The van der Waals surface area contributed by atoms with E-state index in [-0.39, 0.29) is 5.41 Å². The lowest BCUT2D eigenvalue weighted by Gasteiger charge is -2.09. The van der Waals surface area contributed by atoms with Gasteiger partial charge in [0.25, 0.3) is 0 Å². The van der Waals surface area contributed by atoms with Gasteiger partial charge in [-0.2, -0.15) is 4.98 Å². The van der Waals surface area contributed by atoms with Crippen molar-refractivity contribution in [3.05, 3.63) is 23.3 Å². The molecule has 1 aliphatic rings. The molecule has 0 amide bonds. The zero-order valence-corrected chi connectivity index (χ0v) is 11.9. The summed E-state index contributed by atoms with van der Waals surface area (Å²) < 4.78 is 10.5. The van der Waals surface area contributed by atoms with E-state index in [1.165, 1.54) is 6.20 Å². The van der Waals surface area contributed by atoms with Gasteiger partial charge in [-0.3, -0.25) is 0 Å². The summed E-state index contributed by atoms with van der Waals surface area (Å²) in [5.41, 5.74) is 7.13. The first-order valence-electron chi connectivity index (χ1n) is 6.35. The summed E-state index contributed by atoms with van der Waals surface area (Å²) in [5.74, 6) is 1.04. The third kappa shape index (κ3) is 2.62. The van der Waals surface area contributed by atoms with Crippen LogP contribution in [0.1, 0.15) is 18.7 Å². The molecule has 106 valence electrons. The summed E-state index contributed by atoms with van der Waals surface area (Å²) in [4.78, 5) is 8.29. The van der Waals surface area contributed by atoms with Crippen LogP contribution in [0.5, 0.6) is 0 Å². The van der Waals surface area contributed by atoms with Crippen molar-refractivity contribution >= 4 is 17.3 Å². The summed E-state index contributed by atoms with van der Waals surface area (Å²) in [6.45, 7) is 0.716. The van der Waals surface area contributed by atoms with E-state index < -0.39 is 0 Å². The van der Waals surface area contributed by atoms with E-state index in [4.69, 9.17) is 26.6 Å². The Kier molecular flexibility index (Phi) is 3.35. The first kappa shape index (κ1) is 13.3. The predicted octanol–water partition coefficient (Wildman–Crippen LogP) is 2.34. The molecule has 2 aromatic heterocycles. The highest BCUT2D eigenvalue weighted by atomic mass is 35.5. The number of anilines is 1. The molecule has 0 radical (unpaired) electrons. The van der Waals surface area contributed by atoms with Crippen molar-refractivity contribution in [3.8, 4) is 11.4 Å². The number of aromatic nitrogens is 3. The number of rotatable bonds is 5. The molecule has 2 heterocycles. The van der Waals surface area contributed by atoms with E-state index in [0.29, 0.717) is 34.7 Å². The maximum atomic E-state index is 5.86. The zero-order valence-electron chi connectivity index (χ0n) is 11.1. The van der Waals surface area contributed by atoms with Crippen molar-refractivity contribution < 1.29 is 9.26 Å². The van der Waals surface area contributed by atoms with Crippen molar-refractivity contribution in [2.45, 2.75) is 19.3 Å². The lowest BCUT2D eigenvalue weighted by Crippen LogP contribution is -2.12. The highest BCUT2D eigenvalue weighted by Crippen LogP contribution is 2.48. The molecule has 2 N–H and O–H groups in total. The molecule has 0 aliphatic heterocycles. The van der Waals surface area contributed by atoms with Crippen LogP contribution < -0.4 is 5.73 Å². The summed E-state index contributed by atoms with van der Waals surface area (Å²) in [5, 5.41) is 4.31. The molecule has 3 rings (SSSR count). The Morgan fingerprint density at radius 1 is 1.50 bits per heavy atom. The van der Waals surface area contributed by atoms with Gasteiger partial charge in [-0.05, 0) is 18.9 Å². The van der Waals surface area contributed by atoms with E-state index in [1.807, 2.05) is 0 Å². The minimum atomic E-state index is 0.167. The molecule has 0 spiro atoms. The second-order valence-electron chi connectivity index (χ2n) is 5.22. The fraction of sp³-hybridized carbons (Fsp3) is 0.462. The van der Waals surface area contributed by atoms with Crippen LogP contribution in [0.3, 0.4) is 0 Å². The fourth-order valence-corrected chi connectivity index (χ4v) is 2.40. The maximum absolute atomic E-state index is 5.86. The molecule has 0 atom stereocenters. The molecule has 1 fully saturated rings. The van der Waals surface area contributed by atoms with Crippen LogP contribution in [0.4, 0.5) is 5.69 Å². The van der Waals surface area contributed by atoms with Crippen LogP contribution in [0.2, 0.25) is 5.15 Å². The van der Waals surface area contributed by atoms with Crippen LogP contribution in [0.15, 0.2) is 16.8 Å². The molecule has 1 aliphatic carbocycles. The normalized spacial score (nSPS) is 16.3. The smallest absolute Gasteiger partial charge is 0.227 e. The highest BCUT2D eigenvalue weighted by molar-refractivity contribution is 6.29. The molecule has 6 nitrogen and oxygen atoms in total. The molecule has 20 heavy (non-hydrogen) atoms. The lowest BCUT2D eigenvalue weighted by atomic mass is 10.0.